The standard InChI is InChI=1S/C17H20N2O4/c1-10-7-14(11(2)19(10)3)15(20)9-23-16-8-12(22-4)5-6-13(16)17(18)21/h5-8H,9H2,1-4H3,(H2,18,21). The number of hydrogen-bond donors (Lipinski definition) is 1. The predicted molar refractivity (Wildman–Crippen MR) is 86.2 cm³/mol. The van der Waals surface area contributed by atoms with Crippen LogP contribution in [0.3, 0.4) is 0 Å². The molecule has 6 nitrogen and oxygen atoms in total. The Morgan fingerprint density at radius 1 is 1.17 bits per heavy atom. The molecule has 1 heterocycles. The molecule has 2 aromatic rings. The van der Waals surface area contributed by atoms with Crippen molar-refractivity contribution in [3.63, 3.8) is 0 Å². The first kappa shape index (κ1) is 16.6. The van der Waals surface area contributed by atoms with E-state index in [-0.39, 0.29) is 23.7 Å². The SMILES string of the molecule is COc1ccc(C(N)=O)c(OCC(=O)c2cc(C)n(C)c2C)c1. The average Bonchev–Trinajstić information content (AvgIpc) is 2.79. The Morgan fingerprint density at radius 2 is 1.87 bits per heavy atom. The number of aromatic nitrogens is 1. The van der Waals surface area contributed by atoms with Crippen molar-refractivity contribution in [3.05, 3.63) is 46.8 Å². The van der Waals surface area contributed by atoms with E-state index in [0.29, 0.717) is 11.3 Å². The summed E-state index contributed by atoms with van der Waals surface area (Å²) < 4.78 is 12.6. The molecular formula is C17H20N2O4. The zero-order chi connectivity index (χ0) is 17.1. The van der Waals surface area contributed by atoms with Crippen LogP contribution in [0.25, 0.3) is 0 Å². The molecule has 0 saturated heterocycles. The van der Waals surface area contributed by atoms with E-state index in [1.807, 2.05) is 31.5 Å². The van der Waals surface area contributed by atoms with Crippen LogP contribution in [0.2, 0.25) is 0 Å². The van der Waals surface area contributed by atoms with Gasteiger partial charge in [0.15, 0.2) is 6.61 Å². The molecule has 122 valence electrons. The van der Waals surface area contributed by atoms with Crippen LogP contribution in [-0.4, -0.2) is 30.0 Å². The average molecular weight is 316 g/mol. The molecule has 0 unspecified atom stereocenters. The van der Waals surface area contributed by atoms with Gasteiger partial charge in [0, 0.05) is 30.1 Å². The number of nitrogens with zero attached hydrogens (tertiary/aromatic N) is 1. The van der Waals surface area contributed by atoms with Gasteiger partial charge in [0.25, 0.3) is 5.91 Å². The van der Waals surface area contributed by atoms with Crippen LogP contribution in [0.5, 0.6) is 11.5 Å². The third-order valence-electron chi connectivity index (χ3n) is 3.89. The quantitative estimate of drug-likeness (QED) is 0.826. The van der Waals surface area contributed by atoms with Crippen molar-refractivity contribution in [1.29, 1.82) is 0 Å². The van der Waals surface area contributed by atoms with Gasteiger partial charge in [-0.25, -0.2) is 0 Å². The lowest BCUT2D eigenvalue weighted by atomic mass is 10.1. The minimum Gasteiger partial charge on any atom is -0.497 e. The summed E-state index contributed by atoms with van der Waals surface area (Å²) in [4.78, 5) is 23.8. The summed E-state index contributed by atoms with van der Waals surface area (Å²) in [7, 11) is 3.40. The highest BCUT2D eigenvalue weighted by Crippen LogP contribution is 2.25. The van der Waals surface area contributed by atoms with Crippen molar-refractivity contribution in [2.24, 2.45) is 12.8 Å². The van der Waals surface area contributed by atoms with Crippen LogP contribution in [0, 0.1) is 13.8 Å². The fourth-order valence-electron chi connectivity index (χ4n) is 2.31. The Balaban J connectivity index is 2.21. The molecule has 23 heavy (non-hydrogen) atoms. The van der Waals surface area contributed by atoms with E-state index in [9.17, 15) is 9.59 Å². The molecule has 0 aliphatic heterocycles. The molecule has 1 aromatic carbocycles. The molecule has 0 fully saturated rings. The number of ether oxygens (including phenoxy) is 2. The highest BCUT2D eigenvalue weighted by Gasteiger charge is 2.17. The summed E-state index contributed by atoms with van der Waals surface area (Å²) in [6, 6.07) is 6.48. The summed E-state index contributed by atoms with van der Waals surface area (Å²) in [5, 5.41) is 0. The van der Waals surface area contributed by atoms with Gasteiger partial charge in [-0.1, -0.05) is 0 Å². The molecule has 2 N–H and O–H groups in total. The Bertz CT molecular complexity index is 762. The highest BCUT2D eigenvalue weighted by atomic mass is 16.5. The Hall–Kier alpha value is -2.76. The fraction of sp³-hybridized carbons (Fsp3) is 0.294. The zero-order valence-electron chi connectivity index (χ0n) is 13.7. The van der Waals surface area contributed by atoms with E-state index in [0.717, 1.165) is 11.4 Å². The van der Waals surface area contributed by atoms with Gasteiger partial charge in [-0.3, -0.25) is 9.59 Å². The van der Waals surface area contributed by atoms with Crippen LogP contribution < -0.4 is 15.2 Å². The lowest BCUT2D eigenvalue weighted by Gasteiger charge is -2.11. The number of amides is 1. The molecule has 1 amide bonds. The lowest BCUT2D eigenvalue weighted by molar-refractivity contribution is 0.0911. The maximum atomic E-state index is 12.4. The highest BCUT2D eigenvalue weighted by molar-refractivity contribution is 5.99. The zero-order valence-corrected chi connectivity index (χ0v) is 13.7. The predicted octanol–water partition coefficient (Wildman–Crippen LogP) is 2.01. The van der Waals surface area contributed by atoms with Crippen LogP contribution >= 0.6 is 0 Å². The molecule has 0 spiro atoms. The molecule has 1 aromatic heterocycles. The first-order valence-electron chi connectivity index (χ1n) is 7.12. The molecule has 0 atom stereocenters. The summed E-state index contributed by atoms with van der Waals surface area (Å²) in [6.07, 6.45) is 0. The van der Waals surface area contributed by atoms with Gasteiger partial charge < -0.3 is 19.8 Å². The number of primary amides is 1. The third-order valence-corrected chi connectivity index (χ3v) is 3.89. The number of carbonyl (C=O) groups is 2. The third kappa shape index (κ3) is 3.36. The normalized spacial score (nSPS) is 10.4. The maximum Gasteiger partial charge on any atom is 0.252 e. The number of hydrogen-bond acceptors (Lipinski definition) is 4. The van der Waals surface area contributed by atoms with E-state index < -0.39 is 5.91 Å². The Kier molecular flexibility index (Phi) is 4.74. The Morgan fingerprint density at radius 3 is 2.39 bits per heavy atom. The molecule has 0 radical (unpaired) electrons. The molecule has 0 bridgehead atoms. The van der Waals surface area contributed by atoms with E-state index in [1.165, 1.54) is 19.2 Å². The van der Waals surface area contributed by atoms with E-state index >= 15 is 0 Å². The smallest absolute Gasteiger partial charge is 0.252 e. The monoisotopic (exact) mass is 316 g/mol. The van der Waals surface area contributed by atoms with Gasteiger partial charge >= 0.3 is 0 Å². The van der Waals surface area contributed by atoms with Gasteiger partial charge in [0.1, 0.15) is 11.5 Å². The second kappa shape index (κ2) is 6.56. The Labute approximate surface area is 134 Å². The summed E-state index contributed by atoms with van der Waals surface area (Å²) in [5.41, 5.74) is 8.00. The molecular weight excluding hydrogens is 296 g/mol. The second-order valence-corrected chi connectivity index (χ2v) is 5.28. The summed E-state index contributed by atoms with van der Waals surface area (Å²) >= 11 is 0. The number of nitrogens with two attached hydrogens (primary N) is 1. The minimum atomic E-state index is -0.623. The van der Waals surface area contributed by atoms with Crippen molar-refractivity contribution in [3.8, 4) is 11.5 Å². The maximum absolute atomic E-state index is 12.4. The summed E-state index contributed by atoms with van der Waals surface area (Å²) in [5.74, 6) is -0.0361. The molecule has 0 aliphatic rings. The first-order chi connectivity index (χ1) is 10.8. The molecule has 0 saturated carbocycles. The number of carbonyl (C=O) groups excluding carboxylic acids is 2. The van der Waals surface area contributed by atoms with Gasteiger partial charge in [-0.2, -0.15) is 0 Å². The van der Waals surface area contributed by atoms with E-state index in [2.05, 4.69) is 0 Å². The fourth-order valence-corrected chi connectivity index (χ4v) is 2.31. The number of rotatable bonds is 6. The van der Waals surface area contributed by atoms with Crippen molar-refractivity contribution in [2.75, 3.05) is 13.7 Å². The molecule has 2 rings (SSSR count). The number of ketones is 1. The van der Waals surface area contributed by atoms with Crippen molar-refractivity contribution < 1.29 is 19.1 Å². The van der Waals surface area contributed by atoms with Crippen molar-refractivity contribution in [1.82, 2.24) is 4.57 Å². The van der Waals surface area contributed by atoms with Gasteiger partial charge in [0.2, 0.25) is 5.78 Å². The lowest BCUT2D eigenvalue weighted by Crippen LogP contribution is -2.17. The van der Waals surface area contributed by atoms with Crippen LogP contribution in [-0.2, 0) is 7.05 Å². The minimum absolute atomic E-state index is 0.163. The van der Waals surface area contributed by atoms with Gasteiger partial charge in [-0.05, 0) is 32.0 Å². The van der Waals surface area contributed by atoms with Crippen LogP contribution in [0.1, 0.15) is 32.1 Å². The number of aryl methyl sites for hydroxylation is 1. The van der Waals surface area contributed by atoms with Gasteiger partial charge in [0.05, 0.1) is 12.7 Å². The largest absolute Gasteiger partial charge is 0.497 e. The second-order valence-electron chi connectivity index (χ2n) is 5.28. The summed E-state index contributed by atoms with van der Waals surface area (Å²) in [6.45, 7) is 3.62. The van der Waals surface area contributed by atoms with Crippen LogP contribution in [0.15, 0.2) is 24.3 Å². The number of Topliss-reactive ketones (excluding diaryl/α,β-unsaturated/α-hetero) is 1. The first-order valence-corrected chi connectivity index (χ1v) is 7.12. The molecule has 0 aliphatic carbocycles. The van der Waals surface area contributed by atoms with Crippen molar-refractivity contribution in [2.45, 2.75) is 13.8 Å². The van der Waals surface area contributed by atoms with E-state index in [4.69, 9.17) is 15.2 Å². The van der Waals surface area contributed by atoms with Crippen LogP contribution in [0.4, 0.5) is 0 Å². The topological polar surface area (TPSA) is 83.6 Å². The number of benzene rings is 1. The van der Waals surface area contributed by atoms with Crippen molar-refractivity contribution >= 4 is 11.7 Å². The van der Waals surface area contributed by atoms with E-state index in [1.54, 1.807) is 6.07 Å². The number of methoxy groups -OCH3 is 1. The molecule has 6 heteroatoms. The van der Waals surface area contributed by atoms with Gasteiger partial charge in [-0.15, -0.1) is 0 Å².